The van der Waals surface area contributed by atoms with Crippen molar-refractivity contribution in [3.8, 4) is 0 Å². The van der Waals surface area contributed by atoms with Crippen molar-refractivity contribution in [2.75, 3.05) is 72.9 Å². The SMILES string of the molecule is COC(=O)C(c1cc(F)ccc1[C@@H]1CCCCO1)N1CC[C@@H](CCOCCc2ccc3c(n2)CCCC3)C1.O=C(O)C(c1cc(F)ccc1[C@@H]1CCCCO1)N1CC[C@@H](CCOCCc2ccc3c(n2)CCCC3)C1.[Li+].[OH-]. The molecule has 4 aliphatic heterocycles. The third kappa shape index (κ3) is 16.5. The van der Waals surface area contributed by atoms with Gasteiger partial charge in [-0.2, -0.15) is 0 Å². The van der Waals surface area contributed by atoms with Crippen LogP contribution in [0.2, 0.25) is 0 Å². The van der Waals surface area contributed by atoms with Crippen LogP contribution in [0.25, 0.3) is 0 Å². The molecule has 2 N–H and O–H groups in total. The monoisotopic (exact) mass is 1060 g/mol. The summed E-state index contributed by atoms with van der Waals surface area (Å²) in [5.74, 6) is -1.23. The molecule has 4 fully saturated rings. The molecule has 10 rings (SSSR count). The molecule has 2 unspecified atom stereocenters. The van der Waals surface area contributed by atoms with E-state index in [4.69, 9.17) is 33.7 Å². The van der Waals surface area contributed by atoms with Crippen molar-refractivity contribution in [2.24, 2.45) is 11.8 Å². The number of benzene rings is 2. The molecule has 13 nitrogen and oxygen atoms in total. The largest absolute Gasteiger partial charge is 1.00 e. The van der Waals surface area contributed by atoms with Crippen molar-refractivity contribution in [1.82, 2.24) is 19.8 Å². The van der Waals surface area contributed by atoms with E-state index >= 15 is 0 Å². The third-order valence-electron chi connectivity index (χ3n) is 16.6. The summed E-state index contributed by atoms with van der Waals surface area (Å²) >= 11 is 0. The zero-order chi connectivity index (χ0) is 51.9. The predicted octanol–water partition coefficient (Wildman–Crippen LogP) is 7.79. The number of aryl methyl sites for hydroxylation is 4. The van der Waals surface area contributed by atoms with Crippen molar-refractivity contribution in [3.63, 3.8) is 0 Å². The summed E-state index contributed by atoms with van der Waals surface area (Å²) in [5.41, 5.74) is 10.5. The van der Waals surface area contributed by atoms with E-state index in [1.165, 1.54) is 79.6 Å². The van der Waals surface area contributed by atoms with Crippen LogP contribution >= 0.6 is 0 Å². The number of ether oxygens (including phenoxy) is 5. The number of nitrogens with zero attached hydrogens (tertiary/aromatic N) is 4. The number of aromatic nitrogens is 2. The summed E-state index contributed by atoms with van der Waals surface area (Å²) in [6.07, 6.45) is 20.5. The van der Waals surface area contributed by atoms with Crippen molar-refractivity contribution < 1.29 is 71.5 Å². The second-order valence-corrected chi connectivity index (χ2v) is 21.8. The van der Waals surface area contributed by atoms with E-state index in [1.54, 1.807) is 12.1 Å². The quantitative estimate of drug-likeness (QED) is 0.0519. The standard InChI is InChI=1S/C31H41FN2O4.C30H39FN2O4.Li.H2O/c1-36-31(35)30(27-20-24(32)10-12-26(27)29-8-4-5-17-38-29)34-16-13-22(21-34)14-18-37-19-15-25-11-9-23-6-2-3-7-28(23)33-25;31-23-9-11-25(28-7-3-4-16-37-28)26(19-23)29(30(34)35)33-15-12-21(20-33)13-17-36-18-14-24-10-8-22-5-1-2-6-27(22)32-24;;/h9-12,20,22,29-30H,2-8,13-19,21H2,1H3;8-11,19,21,28-29H,1-7,12-18,20H2,(H,34,35);;1H2/q;;+1;/p-1/t22-,29-,30?;21-,28-,29?;;/m00../s1. The maximum atomic E-state index is 14.4. The molecule has 2 aliphatic carbocycles. The van der Waals surface area contributed by atoms with Crippen molar-refractivity contribution >= 4 is 11.9 Å². The molecule has 6 aliphatic rings. The Morgan fingerprint density at radius 2 is 1.09 bits per heavy atom. The summed E-state index contributed by atoms with van der Waals surface area (Å²) in [4.78, 5) is 39.3. The number of halogens is 2. The maximum Gasteiger partial charge on any atom is 1.00 e. The molecule has 4 saturated heterocycles. The first kappa shape index (κ1) is 60.5. The molecular formula is C61H81F2LiN4O9. The fourth-order valence-corrected chi connectivity index (χ4v) is 12.4. The molecule has 16 heteroatoms. The zero-order valence-electron chi connectivity index (χ0n) is 45.7. The van der Waals surface area contributed by atoms with Gasteiger partial charge in [0, 0.05) is 75.1 Å². The topological polar surface area (TPSA) is 163 Å². The number of methoxy groups -OCH3 is 1. The number of likely N-dealkylation sites (tertiary alicyclic amines) is 2. The molecule has 6 heterocycles. The van der Waals surface area contributed by atoms with Gasteiger partial charge >= 0.3 is 30.8 Å². The average Bonchev–Trinajstić information content (AvgIpc) is 4.11. The van der Waals surface area contributed by atoms with Gasteiger partial charge in [-0.25, -0.2) is 13.6 Å². The van der Waals surface area contributed by atoms with Gasteiger partial charge in [0.1, 0.15) is 23.7 Å². The second-order valence-electron chi connectivity index (χ2n) is 21.8. The molecule has 4 aromatic rings. The Kier molecular flexibility index (Phi) is 23.9. The average molecular weight is 1060 g/mol. The van der Waals surface area contributed by atoms with Gasteiger partial charge in [-0.1, -0.05) is 24.3 Å². The molecule has 6 atom stereocenters. The number of aliphatic carboxylic acids is 1. The molecule has 2 aromatic heterocycles. The van der Waals surface area contributed by atoms with Crippen molar-refractivity contribution in [3.05, 3.63) is 128 Å². The van der Waals surface area contributed by atoms with Gasteiger partial charge in [0.25, 0.3) is 0 Å². The smallest absolute Gasteiger partial charge is 0.870 e. The summed E-state index contributed by atoms with van der Waals surface area (Å²) in [6.45, 7) is 6.90. The number of carboxylic acids is 1. The minimum Gasteiger partial charge on any atom is -0.870 e. The van der Waals surface area contributed by atoms with E-state index < -0.39 is 23.9 Å². The summed E-state index contributed by atoms with van der Waals surface area (Å²) in [7, 11) is 1.41. The Morgan fingerprint density at radius 1 is 0.623 bits per heavy atom. The van der Waals surface area contributed by atoms with E-state index in [0.717, 1.165) is 138 Å². The van der Waals surface area contributed by atoms with Gasteiger partial charge in [0.2, 0.25) is 0 Å². The van der Waals surface area contributed by atoms with Crippen LogP contribution in [0, 0.1) is 23.5 Å². The molecule has 0 radical (unpaired) electrons. The van der Waals surface area contributed by atoms with E-state index in [9.17, 15) is 23.5 Å². The Bertz CT molecular complexity index is 2510. The molecular weight excluding hydrogens is 978 g/mol. The second kappa shape index (κ2) is 30.4. The Morgan fingerprint density at radius 3 is 1.55 bits per heavy atom. The minimum atomic E-state index is -0.933. The first-order valence-corrected chi connectivity index (χ1v) is 28.4. The van der Waals surface area contributed by atoms with Gasteiger partial charge < -0.3 is 34.3 Å². The van der Waals surface area contributed by atoms with Crippen LogP contribution < -0.4 is 18.9 Å². The van der Waals surface area contributed by atoms with Gasteiger partial charge in [0.05, 0.1) is 32.5 Å². The van der Waals surface area contributed by atoms with Gasteiger partial charge in [0.15, 0.2) is 0 Å². The van der Waals surface area contributed by atoms with Crippen LogP contribution in [-0.4, -0.2) is 115 Å². The number of esters is 1. The first-order chi connectivity index (χ1) is 36.7. The Balaban J connectivity index is 0.000000218. The molecule has 0 saturated carbocycles. The summed E-state index contributed by atoms with van der Waals surface area (Å²) in [5, 5.41) is 10.2. The van der Waals surface area contributed by atoms with E-state index in [-0.39, 0.29) is 48.3 Å². The van der Waals surface area contributed by atoms with E-state index in [1.807, 2.05) is 4.90 Å². The fourth-order valence-electron chi connectivity index (χ4n) is 12.4. The zero-order valence-corrected chi connectivity index (χ0v) is 45.7. The first-order valence-electron chi connectivity index (χ1n) is 28.4. The number of carboxylic acid groups (broad SMARTS) is 1. The normalized spacial score (nSPS) is 22.3. The Labute approximate surface area is 467 Å². The van der Waals surface area contributed by atoms with Gasteiger partial charge in [-0.05, 0) is 210 Å². The molecule has 2 aromatic carbocycles. The number of hydrogen-bond acceptors (Lipinski definition) is 12. The summed E-state index contributed by atoms with van der Waals surface area (Å²) in [6, 6.07) is 16.5. The molecule has 0 spiro atoms. The number of carbonyl (C=O) groups excluding carboxylic acids is 1. The number of carbonyl (C=O) groups is 2. The number of rotatable bonds is 20. The van der Waals surface area contributed by atoms with E-state index in [0.29, 0.717) is 75.7 Å². The number of pyridine rings is 2. The van der Waals surface area contributed by atoms with Crippen LogP contribution in [0.1, 0.15) is 170 Å². The fraction of sp³-hybridized carbons (Fsp3) is 0.607. The van der Waals surface area contributed by atoms with Crippen LogP contribution in [0.3, 0.4) is 0 Å². The molecule has 414 valence electrons. The van der Waals surface area contributed by atoms with Crippen molar-refractivity contribution in [2.45, 2.75) is 153 Å². The van der Waals surface area contributed by atoms with Crippen LogP contribution in [0.5, 0.6) is 0 Å². The predicted molar refractivity (Wildman–Crippen MR) is 284 cm³/mol. The third-order valence-corrected chi connectivity index (χ3v) is 16.6. The van der Waals surface area contributed by atoms with Crippen LogP contribution in [0.4, 0.5) is 8.78 Å². The molecule has 0 bridgehead atoms. The van der Waals surface area contributed by atoms with Crippen LogP contribution in [-0.2, 0) is 71.8 Å². The minimum absolute atomic E-state index is 0. The maximum absolute atomic E-state index is 14.4. The molecule has 0 amide bonds. The number of hydrogen-bond donors (Lipinski definition) is 1. The Hall–Kier alpha value is -4.14. The van der Waals surface area contributed by atoms with Crippen molar-refractivity contribution in [1.29, 1.82) is 0 Å². The van der Waals surface area contributed by atoms with Gasteiger partial charge in [-0.3, -0.25) is 24.6 Å². The van der Waals surface area contributed by atoms with Crippen LogP contribution in [0.15, 0.2) is 60.7 Å². The number of fused-ring (bicyclic) bond motifs is 2. The molecule has 77 heavy (non-hydrogen) atoms. The van der Waals surface area contributed by atoms with Gasteiger partial charge in [-0.15, -0.1) is 0 Å². The van der Waals surface area contributed by atoms with E-state index in [2.05, 4.69) is 29.2 Å². The summed E-state index contributed by atoms with van der Waals surface area (Å²) < 4.78 is 57.8.